The third kappa shape index (κ3) is 10.7. The molecule has 5 aromatic rings. The van der Waals surface area contributed by atoms with E-state index in [9.17, 15) is 24.3 Å². The van der Waals surface area contributed by atoms with Crippen molar-refractivity contribution < 1.29 is 47.3 Å². The zero-order valence-corrected chi connectivity index (χ0v) is 45.6. The molecule has 0 saturated carbocycles. The van der Waals surface area contributed by atoms with Crippen molar-refractivity contribution in [2.75, 3.05) is 103 Å². The minimum atomic E-state index is -0.624. The van der Waals surface area contributed by atoms with E-state index in [1.807, 2.05) is 24.0 Å². The third-order valence-corrected chi connectivity index (χ3v) is 17.6. The van der Waals surface area contributed by atoms with Gasteiger partial charge in [-0.05, 0) is 142 Å². The second kappa shape index (κ2) is 23.2. The molecule has 6 saturated heterocycles. The summed E-state index contributed by atoms with van der Waals surface area (Å²) in [5, 5.41) is 14.8. The number of benzene rings is 3. The normalized spacial score (nSPS) is 22.3. The summed E-state index contributed by atoms with van der Waals surface area (Å²) < 4.78 is 48.7. The molecule has 4 amide bonds. The van der Waals surface area contributed by atoms with Crippen molar-refractivity contribution in [3.63, 3.8) is 0 Å². The van der Waals surface area contributed by atoms with Crippen LogP contribution in [0.25, 0.3) is 32.9 Å². The van der Waals surface area contributed by atoms with Crippen LogP contribution < -0.4 is 19.9 Å². The monoisotopic (exact) mass is 1090 g/mol. The Morgan fingerprint density at radius 1 is 0.823 bits per heavy atom. The number of nitrogens with zero attached hydrogens (tertiary/aromatic N) is 9. The maximum absolute atomic E-state index is 17.0. The molecule has 20 heteroatoms. The third-order valence-electron chi connectivity index (χ3n) is 17.6. The van der Waals surface area contributed by atoms with Gasteiger partial charge in [0.2, 0.25) is 18.2 Å². The van der Waals surface area contributed by atoms with E-state index in [2.05, 4.69) is 35.7 Å². The average Bonchev–Trinajstić information content (AvgIpc) is 4.23. The van der Waals surface area contributed by atoms with Crippen LogP contribution in [-0.2, 0) is 43.2 Å². The Kier molecular flexibility index (Phi) is 16.0. The number of aromatic nitrogens is 3. The second-order valence-electron chi connectivity index (χ2n) is 22.3. The highest BCUT2D eigenvalue weighted by Gasteiger charge is 2.45. The Balaban J connectivity index is 0.000000167. The van der Waals surface area contributed by atoms with Crippen LogP contribution in [0.1, 0.15) is 98.3 Å². The van der Waals surface area contributed by atoms with Gasteiger partial charge in [0.25, 0.3) is 5.91 Å². The highest BCUT2D eigenvalue weighted by Crippen LogP contribution is 2.44. The minimum Gasteiger partial charge on any atom is -0.508 e. The first-order valence-electron chi connectivity index (χ1n) is 28.3. The maximum Gasteiger partial charge on any atom is 0.319 e. The molecule has 10 heterocycles. The van der Waals surface area contributed by atoms with Gasteiger partial charge in [0, 0.05) is 102 Å². The van der Waals surface area contributed by atoms with Crippen molar-refractivity contribution in [2.24, 2.45) is 0 Å². The van der Waals surface area contributed by atoms with Crippen LogP contribution >= 0.6 is 0 Å². The smallest absolute Gasteiger partial charge is 0.319 e. The molecule has 0 spiro atoms. The van der Waals surface area contributed by atoms with Crippen molar-refractivity contribution in [3.8, 4) is 23.0 Å². The first-order chi connectivity index (χ1) is 38.4. The summed E-state index contributed by atoms with van der Waals surface area (Å²) in [4.78, 5) is 75.2. The second-order valence-corrected chi connectivity index (χ2v) is 22.3. The number of phenols is 1. The van der Waals surface area contributed by atoms with E-state index < -0.39 is 11.9 Å². The molecule has 8 aliphatic rings. The van der Waals surface area contributed by atoms with Crippen LogP contribution in [0.4, 0.5) is 20.3 Å². The Morgan fingerprint density at radius 3 is 2.33 bits per heavy atom. The predicted molar refractivity (Wildman–Crippen MR) is 294 cm³/mol. The molecule has 79 heavy (non-hydrogen) atoms. The molecule has 18 nitrogen and oxygen atoms in total. The standard InChI is InChI=1S/C34H37F2N5O3.C23H29N5O4.C2H6O/c1-2-23-25(35)8-6-20-16-22(42)17-24(27(20)23)30-29(36)31-28-26(37-30)9-7-21-18-43-15-5-14-41(21)32(28)39-33(38-31)44-19-34-10-3-12-40(34)13-4-11-34;29-15-25-7-5-17(6-8-25)26-9-11-27(12-10-26)18-1-2-19-16(13-18)14-28(23(19)32)20-3-4-21(30)24-22(20)31;1-3-2/h6,8,16-17,21,42H,2-5,7,9-15,18-19H2,1H3;1-2,13,15,17,20H,3-12,14H2,(H,24,30,31);1-2H3. The van der Waals surface area contributed by atoms with Crippen LogP contribution in [-0.4, -0.2) is 180 Å². The highest BCUT2D eigenvalue weighted by atomic mass is 19.1. The topological polar surface area (TPSA) is 186 Å². The van der Waals surface area contributed by atoms with Crippen LogP contribution in [0, 0.1) is 11.6 Å². The molecule has 6 fully saturated rings. The quantitative estimate of drug-likeness (QED) is 0.122. The van der Waals surface area contributed by atoms with Crippen molar-refractivity contribution >= 4 is 57.3 Å². The summed E-state index contributed by atoms with van der Waals surface area (Å²) in [5.41, 5.74) is 4.38. The van der Waals surface area contributed by atoms with Crippen molar-refractivity contribution in [1.82, 2.24) is 39.9 Å². The van der Waals surface area contributed by atoms with Gasteiger partial charge in [0.15, 0.2) is 5.82 Å². The average molecular weight is 1090 g/mol. The van der Waals surface area contributed by atoms with Gasteiger partial charge in [-0.3, -0.25) is 34.3 Å². The fourth-order valence-corrected chi connectivity index (χ4v) is 13.6. The number of nitrogens with one attached hydrogen (secondary N) is 1. The van der Waals surface area contributed by atoms with Crippen molar-refractivity contribution in [3.05, 3.63) is 76.5 Å². The van der Waals surface area contributed by atoms with Gasteiger partial charge < -0.3 is 38.9 Å². The number of hydrogen-bond donors (Lipinski definition) is 2. The number of aryl methyl sites for hydroxylation is 2. The Bertz CT molecular complexity index is 3120. The number of methoxy groups -OCH3 is 1. The minimum absolute atomic E-state index is 0.0143. The van der Waals surface area contributed by atoms with E-state index >= 15 is 8.78 Å². The van der Waals surface area contributed by atoms with Crippen molar-refractivity contribution in [1.29, 1.82) is 0 Å². The molecule has 0 radical (unpaired) electrons. The number of likely N-dealkylation sites (tertiary alicyclic amines) is 1. The van der Waals surface area contributed by atoms with E-state index in [1.54, 1.807) is 31.3 Å². The first kappa shape index (κ1) is 54.4. The number of aromatic hydroxyl groups is 1. The van der Waals surface area contributed by atoms with Gasteiger partial charge in [-0.15, -0.1) is 0 Å². The molecular weight excluding hydrogens is 1010 g/mol. The number of piperazine rings is 1. The Morgan fingerprint density at radius 2 is 1.59 bits per heavy atom. The number of amides is 4. The number of anilines is 2. The predicted octanol–water partition coefficient (Wildman–Crippen LogP) is 6.39. The zero-order valence-electron chi connectivity index (χ0n) is 45.6. The summed E-state index contributed by atoms with van der Waals surface area (Å²) in [7, 11) is 3.25. The Labute approximate surface area is 459 Å². The molecule has 420 valence electrons. The van der Waals surface area contributed by atoms with Gasteiger partial charge in [-0.1, -0.05) is 13.0 Å². The van der Waals surface area contributed by atoms with E-state index in [-0.39, 0.29) is 64.5 Å². The van der Waals surface area contributed by atoms with Gasteiger partial charge >= 0.3 is 6.01 Å². The van der Waals surface area contributed by atoms with Crippen LogP contribution in [0.5, 0.6) is 11.8 Å². The molecule has 13 rings (SSSR count). The number of ether oxygens (including phenoxy) is 3. The van der Waals surface area contributed by atoms with Crippen LogP contribution in [0.3, 0.4) is 0 Å². The fraction of sp³-hybridized carbons (Fsp3) is 0.542. The fourth-order valence-electron chi connectivity index (χ4n) is 13.6. The number of halogens is 2. The van der Waals surface area contributed by atoms with Gasteiger partial charge in [-0.25, -0.2) is 13.8 Å². The van der Waals surface area contributed by atoms with Gasteiger partial charge in [0.05, 0.1) is 29.3 Å². The largest absolute Gasteiger partial charge is 0.508 e. The molecule has 2 N–H and O–H groups in total. The van der Waals surface area contributed by atoms with E-state index in [1.165, 1.54) is 12.1 Å². The molecule has 2 atom stereocenters. The molecule has 0 bridgehead atoms. The van der Waals surface area contributed by atoms with Gasteiger partial charge in [0.1, 0.15) is 41.2 Å². The summed E-state index contributed by atoms with van der Waals surface area (Å²) in [6.07, 6.45) is 10.7. The highest BCUT2D eigenvalue weighted by molar-refractivity contribution is 6.06. The number of phenolic OH excluding ortho intramolecular Hbond substituents is 1. The lowest BCUT2D eigenvalue weighted by atomic mass is 9.94. The molecule has 8 aliphatic heterocycles. The Hall–Kier alpha value is -6.61. The number of imide groups is 1. The number of carbonyl (C=O) groups is 4. The molecule has 3 aromatic carbocycles. The molecular formula is C59H72F2N10O8. The zero-order chi connectivity index (χ0) is 55.0. The number of pyridine rings is 1. The number of fused-ring (bicyclic) bond motifs is 5. The maximum atomic E-state index is 17.0. The summed E-state index contributed by atoms with van der Waals surface area (Å²) in [6.45, 7) is 12.4. The number of hydrogen-bond acceptors (Lipinski definition) is 15. The summed E-state index contributed by atoms with van der Waals surface area (Å²) >= 11 is 0. The SMILES string of the molecule is CCc1c(F)ccc2cc(O)cc(-c3nc4c5c(nc(OCC67CCCN6CCC7)nc5c3F)N3CCCOCC3CC4)c12.COC.O=CN1CCC(N2CCN(c3ccc4c(c3)CN(C3CCC(=O)NC3=O)C4=O)CC2)CC1. The van der Waals surface area contributed by atoms with E-state index in [0.717, 1.165) is 128 Å². The summed E-state index contributed by atoms with van der Waals surface area (Å²) in [6, 6.07) is 12.2. The van der Waals surface area contributed by atoms with Crippen LogP contribution in [0.2, 0.25) is 0 Å². The summed E-state index contributed by atoms with van der Waals surface area (Å²) in [5.74, 6) is -1.17. The molecule has 2 aromatic heterocycles. The lowest BCUT2D eigenvalue weighted by Gasteiger charge is -2.42. The lowest BCUT2D eigenvalue weighted by Crippen LogP contribution is -2.53. The van der Waals surface area contributed by atoms with E-state index in [0.29, 0.717) is 96.0 Å². The van der Waals surface area contributed by atoms with E-state index in [4.69, 9.17) is 24.4 Å². The lowest BCUT2D eigenvalue weighted by molar-refractivity contribution is -0.137. The van der Waals surface area contributed by atoms with Crippen molar-refractivity contribution in [2.45, 2.75) is 114 Å². The number of rotatable bonds is 9. The molecule has 0 aliphatic carbocycles. The number of piperidine rings is 2. The van der Waals surface area contributed by atoms with Crippen LogP contribution in [0.15, 0.2) is 42.5 Å². The molecule has 2 unspecified atom stereocenters. The first-order valence-corrected chi connectivity index (χ1v) is 28.3. The number of carbonyl (C=O) groups excluding carboxylic acids is 4. The van der Waals surface area contributed by atoms with Gasteiger partial charge in [-0.2, -0.15) is 9.97 Å².